The van der Waals surface area contributed by atoms with Crippen molar-refractivity contribution in [2.75, 3.05) is 18.5 Å². The van der Waals surface area contributed by atoms with Crippen molar-refractivity contribution in [3.8, 4) is 11.5 Å². The van der Waals surface area contributed by atoms with Gasteiger partial charge in [-0.1, -0.05) is 67.4 Å². The molecule has 5 rings (SSSR count). The number of allylic oxidation sites excluding steroid dienone is 2. The molecule has 2 heterocycles. The van der Waals surface area contributed by atoms with E-state index in [2.05, 4.69) is 12.2 Å². The summed E-state index contributed by atoms with van der Waals surface area (Å²) in [5.41, 5.74) is 3.65. The molecule has 0 saturated carbocycles. The molecule has 200 valence electrons. The fourth-order valence-corrected chi connectivity index (χ4v) is 5.99. The molecule has 0 bridgehead atoms. The van der Waals surface area contributed by atoms with Crippen molar-refractivity contribution in [2.24, 2.45) is 0 Å². The first-order valence-electron chi connectivity index (χ1n) is 13.3. The first-order chi connectivity index (χ1) is 18.6. The number of ketones is 1. The number of halogens is 1. The van der Waals surface area contributed by atoms with E-state index < -0.39 is 0 Å². The SMILES string of the molecule is CCCCCOc1ccc(C2C3=C(CCCC3=O)Nc3nc(SCc4ccccc4Cl)nn32)cc1OCC. The van der Waals surface area contributed by atoms with Crippen LogP contribution < -0.4 is 14.8 Å². The number of unbranched alkanes of at least 4 members (excludes halogenated alkanes) is 2. The quantitative estimate of drug-likeness (QED) is 0.199. The third-order valence-electron chi connectivity index (χ3n) is 6.75. The van der Waals surface area contributed by atoms with Crippen LogP contribution in [0.3, 0.4) is 0 Å². The molecular weight excluding hydrogens is 520 g/mol. The summed E-state index contributed by atoms with van der Waals surface area (Å²) in [6.07, 6.45) is 5.44. The van der Waals surface area contributed by atoms with Gasteiger partial charge in [-0.25, -0.2) is 4.68 Å². The van der Waals surface area contributed by atoms with Crippen molar-refractivity contribution < 1.29 is 14.3 Å². The standard InChI is InChI=1S/C29H33ClN4O3S/c1-3-5-8-16-37-24-15-14-19(17-25(24)36-4-2)27-26-22(12-9-13-23(26)35)31-28-32-29(33-34(27)28)38-18-20-10-6-7-11-21(20)30/h6-7,10-11,14-15,17,27H,3-5,8-9,12-13,16,18H2,1-2H3,(H,31,32,33). The van der Waals surface area contributed by atoms with E-state index in [1.807, 2.05) is 54.1 Å². The van der Waals surface area contributed by atoms with Gasteiger partial charge in [-0.3, -0.25) is 4.79 Å². The van der Waals surface area contributed by atoms with E-state index in [0.29, 0.717) is 42.2 Å². The van der Waals surface area contributed by atoms with Crippen LogP contribution in [0.4, 0.5) is 5.95 Å². The van der Waals surface area contributed by atoms with Gasteiger partial charge in [0.25, 0.3) is 0 Å². The van der Waals surface area contributed by atoms with Crippen LogP contribution in [0.15, 0.2) is 58.9 Å². The largest absolute Gasteiger partial charge is 0.490 e. The van der Waals surface area contributed by atoms with E-state index in [4.69, 9.17) is 31.2 Å². The van der Waals surface area contributed by atoms with Crippen molar-refractivity contribution in [1.82, 2.24) is 14.8 Å². The lowest BCUT2D eigenvalue weighted by Crippen LogP contribution is -2.31. The highest BCUT2D eigenvalue weighted by Gasteiger charge is 2.37. The summed E-state index contributed by atoms with van der Waals surface area (Å²) in [5.74, 6) is 2.84. The minimum absolute atomic E-state index is 0.146. The Labute approximate surface area is 233 Å². The Kier molecular flexibility index (Phi) is 8.59. The molecule has 9 heteroatoms. The molecule has 1 N–H and O–H groups in total. The molecule has 1 unspecified atom stereocenters. The number of carbonyl (C=O) groups excluding carboxylic acids is 1. The Morgan fingerprint density at radius 2 is 1.97 bits per heavy atom. The Morgan fingerprint density at radius 1 is 1.11 bits per heavy atom. The number of nitrogens with one attached hydrogen (secondary N) is 1. The van der Waals surface area contributed by atoms with Gasteiger partial charge in [0, 0.05) is 28.5 Å². The second kappa shape index (κ2) is 12.3. The maximum atomic E-state index is 13.2. The van der Waals surface area contributed by atoms with Crippen molar-refractivity contribution in [1.29, 1.82) is 0 Å². The van der Waals surface area contributed by atoms with Gasteiger partial charge in [0.05, 0.1) is 13.2 Å². The van der Waals surface area contributed by atoms with Gasteiger partial charge in [-0.05, 0) is 55.5 Å². The average Bonchev–Trinajstić information content (AvgIpc) is 3.33. The summed E-state index contributed by atoms with van der Waals surface area (Å²) in [6.45, 7) is 5.30. The summed E-state index contributed by atoms with van der Waals surface area (Å²) >= 11 is 7.88. The number of hydrogen-bond donors (Lipinski definition) is 1. The third kappa shape index (κ3) is 5.71. The molecule has 0 amide bonds. The normalized spacial score (nSPS) is 16.6. The van der Waals surface area contributed by atoms with Gasteiger partial charge >= 0.3 is 0 Å². The number of hydrogen-bond acceptors (Lipinski definition) is 7. The zero-order chi connectivity index (χ0) is 26.5. The lowest BCUT2D eigenvalue weighted by Gasteiger charge is -2.32. The molecule has 0 spiro atoms. The van der Waals surface area contributed by atoms with E-state index in [0.717, 1.165) is 65.3 Å². The maximum absolute atomic E-state index is 13.2. The Balaban J connectivity index is 1.48. The Morgan fingerprint density at radius 3 is 2.79 bits per heavy atom. The molecule has 7 nitrogen and oxygen atoms in total. The molecule has 0 fully saturated rings. The van der Waals surface area contributed by atoms with Crippen molar-refractivity contribution in [3.05, 3.63) is 69.9 Å². The lowest BCUT2D eigenvalue weighted by molar-refractivity contribution is -0.116. The van der Waals surface area contributed by atoms with Crippen molar-refractivity contribution in [3.63, 3.8) is 0 Å². The molecule has 38 heavy (non-hydrogen) atoms. The van der Waals surface area contributed by atoms with E-state index in [1.165, 1.54) is 11.8 Å². The first-order valence-corrected chi connectivity index (χ1v) is 14.7. The summed E-state index contributed by atoms with van der Waals surface area (Å²) in [7, 11) is 0. The minimum Gasteiger partial charge on any atom is -0.490 e. The van der Waals surface area contributed by atoms with Crippen molar-refractivity contribution in [2.45, 2.75) is 69.3 Å². The van der Waals surface area contributed by atoms with E-state index in [1.54, 1.807) is 0 Å². The molecule has 3 aromatic rings. The van der Waals surface area contributed by atoms with Gasteiger partial charge in [-0.15, -0.1) is 5.10 Å². The summed E-state index contributed by atoms with van der Waals surface area (Å²) in [5, 5.41) is 9.61. The number of aromatic nitrogens is 3. The molecule has 1 aliphatic carbocycles. The van der Waals surface area contributed by atoms with Crippen LogP contribution in [0.2, 0.25) is 5.02 Å². The monoisotopic (exact) mass is 552 g/mol. The van der Waals surface area contributed by atoms with E-state index >= 15 is 0 Å². The molecule has 2 aromatic carbocycles. The van der Waals surface area contributed by atoms with Crippen LogP contribution >= 0.6 is 23.4 Å². The summed E-state index contributed by atoms with van der Waals surface area (Å²) in [6, 6.07) is 13.4. The van der Waals surface area contributed by atoms with Crippen LogP contribution in [0.25, 0.3) is 0 Å². The molecule has 1 aromatic heterocycles. The third-order valence-corrected chi connectivity index (χ3v) is 8.01. The molecular formula is C29H33ClN4O3S. The zero-order valence-electron chi connectivity index (χ0n) is 21.8. The molecule has 1 atom stereocenters. The second-order valence-corrected chi connectivity index (χ2v) is 10.8. The summed E-state index contributed by atoms with van der Waals surface area (Å²) in [4.78, 5) is 18.0. The smallest absolute Gasteiger partial charge is 0.227 e. The van der Waals surface area contributed by atoms with Crippen LogP contribution in [0.5, 0.6) is 11.5 Å². The zero-order valence-corrected chi connectivity index (χ0v) is 23.4. The van der Waals surface area contributed by atoms with E-state index in [-0.39, 0.29) is 11.8 Å². The molecule has 0 radical (unpaired) electrons. The highest BCUT2D eigenvalue weighted by molar-refractivity contribution is 7.98. The van der Waals surface area contributed by atoms with Gasteiger partial charge < -0.3 is 14.8 Å². The highest BCUT2D eigenvalue weighted by Crippen LogP contribution is 2.43. The minimum atomic E-state index is -0.385. The van der Waals surface area contributed by atoms with Gasteiger partial charge in [-0.2, -0.15) is 4.98 Å². The van der Waals surface area contributed by atoms with Crippen LogP contribution in [0, 0.1) is 0 Å². The Bertz CT molecular complexity index is 1340. The fraction of sp³-hybridized carbons (Fsp3) is 0.414. The predicted molar refractivity (Wildman–Crippen MR) is 151 cm³/mol. The number of thioether (sulfide) groups is 1. The number of Topliss-reactive ketones (excluding diaryl/α,β-unsaturated/α-hetero) is 1. The van der Waals surface area contributed by atoms with Crippen LogP contribution in [-0.2, 0) is 10.5 Å². The topological polar surface area (TPSA) is 78.3 Å². The predicted octanol–water partition coefficient (Wildman–Crippen LogP) is 7.21. The van der Waals surface area contributed by atoms with Gasteiger partial charge in [0.1, 0.15) is 6.04 Å². The van der Waals surface area contributed by atoms with Gasteiger partial charge in [0.2, 0.25) is 11.1 Å². The van der Waals surface area contributed by atoms with Gasteiger partial charge in [0.15, 0.2) is 17.3 Å². The molecule has 0 saturated heterocycles. The first kappa shape index (κ1) is 26.6. The number of carbonyl (C=O) groups is 1. The van der Waals surface area contributed by atoms with E-state index in [9.17, 15) is 4.79 Å². The number of rotatable bonds is 11. The number of nitrogens with zero attached hydrogens (tertiary/aromatic N) is 3. The number of fused-ring (bicyclic) bond motifs is 1. The Hall–Kier alpha value is -2.97. The molecule has 2 aliphatic rings. The number of ether oxygens (including phenoxy) is 2. The molecule has 1 aliphatic heterocycles. The number of benzene rings is 2. The fourth-order valence-electron chi connectivity index (χ4n) is 4.88. The second-order valence-electron chi connectivity index (χ2n) is 9.43. The maximum Gasteiger partial charge on any atom is 0.227 e. The lowest BCUT2D eigenvalue weighted by atomic mass is 9.85. The van der Waals surface area contributed by atoms with Crippen molar-refractivity contribution >= 4 is 35.1 Å². The summed E-state index contributed by atoms with van der Waals surface area (Å²) < 4.78 is 13.9. The number of anilines is 1. The van der Waals surface area contributed by atoms with Crippen LogP contribution in [-0.4, -0.2) is 33.8 Å². The van der Waals surface area contributed by atoms with Crippen LogP contribution in [0.1, 0.15) is 69.5 Å². The average molecular weight is 553 g/mol. The highest BCUT2D eigenvalue weighted by atomic mass is 35.5.